The van der Waals surface area contributed by atoms with Gasteiger partial charge in [0, 0.05) is 24.5 Å². The summed E-state index contributed by atoms with van der Waals surface area (Å²) < 4.78 is 5.57. The quantitative estimate of drug-likeness (QED) is 0.788. The third kappa shape index (κ3) is 2.46. The average molecular weight is 268 g/mol. The Morgan fingerprint density at radius 2 is 2.28 bits per heavy atom. The smallest absolute Gasteiger partial charge is 0.230 e. The molecule has 1 amide bonds. The first-order valence-corrected chi connectivity index (χ1v) is 6.73. The normalized spacial score (nSPS) is 19.6. The summed E-state index contributed by atoms with van der Waals surface area (Å²) in [6.45, 7) is 2.55. The molecule has 2 atom stereocenters. The van der Waals surface area contributed by atoms with Crippen molar-refractivity contribution in [3.63, 3.8) is 0 Å². The van der Waals surface area contributed by atoms with Crippen LogP contribution in [0.3, 0.4) is 0 Å². The summed E-state index contributed by atoms with van der Waals surface area (Å²) in [5, 5.41) is 0. The van der Waals surface area contributed by atoms with Gasteiger partial charge in [-0.05, 0) is 19.4 Å². The van der Waals surface area contributed by atoms with Crippen LogP contribution in [0, 0.1) is 0 Å². The maximum absolute atomic E-state index is 12.5. The Kier molecular flexibility index (Phi) is 4.12. The Morgan fingerprint density at radius 3 is 3.00 bits per heavy atom. The zero-order valence-corrected chi connectivity index (χ0v) is 11.5. The van der Waals surface area contributed by atoms with E-state index in [4.69, 9.17) is 16.3 Å². The first kappa shape index (κ1) is 13.2. The van der Waals surface area contributed by atoms with Crippen molar-refractivity contribution in [3.8, 4) is 5.75 Å². The third-order valence-corrected chi connectivity index (χ3v) is 3.94. The fourth-order valence-electron chi connectivity index (χ4n) is 2.17. The second-order valence-electron chi connectivity index (χ2n) is 4.68. The monoisotopic (exact) mass is 267 g/mol. The summed E-state index contributed by atoms with van der Waals surface area (Å²) in [4.78, 5) is 14.2. The highest BCUT2D eigenvalue weighted by molar-refractivity contribution is 6.18. The fourth-order valence-corrected chi connectivity index (χ4v) is 2.37. The third-order valence-electron chi connectivity index (χ3n) is 3.49. The van der Waals surface area contributed by atoms with Crippen LogP contribution in [0.4, 0.5) is 0 Å². The standard InChI is InChI=1S/C14H18ClNO2/c1-10(9-15)16(2)14(17)12-7-8-18-13-6-4-3-5-11(12)13/h3-6,10,12H,7-9H2,1-2H3. The number of carbonyl (C=O) groups is 1. The van der Waals surface area contributed by atoms with Crippen LogP contribution >= 0.6 is 11.6 Å². The van der Waals surface area contributed by atoms with Gasteiger partial charge in [0.05, 0.1) is 12.5 Å². The highest BCUT2D eigenvalue weighted by Crippen LogP contribution is 2.34. The summed E-state index contributed by atoms with van der Waals surface area (Å²) in [5.41, 5.74) is 0.988. The molecule has 0 aromatic heterocycles. The van der Waals surface area contributed by atoms with E-state index >= 15 is 0 Å². The largest absolute Gasteiger partial charge is 0.493 e. The van der Waals surface area contributed by atoms with Crippen LogP contribution in [0.5, 0.6) is 5.75 Å². The van der Waals surface area contributed by atoms with Gasteiger partial charge < -0.3 is 9.64 Å². The van der Waals surface area contributed by atoms with Crippen LogP contribution in [-0.2, 0) is 4.79 Å². The van der Waals surface area contributed by atoms with Gasteiger partial charge in [-0.3, -0.25) is 4.79 Å². The lowest BCUT2D eigenvalue weighted by Gasteiger charge is -2.31. The van der Waals surface area contributed by atoms with Crippen molar-refractivity contribution in [2.24, 2.45) is 0 Å². The minimum absolute atomic E-state index is 0.0502. The van der Waals surface area contributed by atoms with Crippen LogP contribution in [0.25, 0.3) is 0 Å². The van der Waals surface area contributed by atoms with E-state index in [1.54, 1.807) is 4.90 Å². The van der Waals surface area contributed by atoms with Crippen molar-refractivity contribution in [3.05, 3.63) is 29.8 Å². The number of fused-ring (bicyclic) bond motifs is 1. The second-order valence-corrected chi connectivity index (χ2v) is 4.99. The number of nitrogens with zero attached hydrogens (tertiary/aromatic N) is 1. The zero-order chi connectivity index (χ0) is 13.1. The van der Waals surface area contributed by atoms with E-state index in [0.29, 0.717) is 12.5 Å². The van der Waals surface area contributed by atoms with E-state index in [2.05, 4.69) is 0 Å². The van der Waals surface area contributed by atoms with E-state index in [0.717, 1.165) is 17.7 Å². The van der Waals surface area contributed by atoms with Crippen molar-refractivity contribution in [2.75, 3.05) is 19.5 Å². The van der Waals surface area contributed by atoms with E-state index in [-0.39, 0.29) is 17.9 Å². The van der Waals surface area contributed by atoms with Crippen molar-refractivity contribution in [1.29, 1.82) is 0 Å². The molecule has 18 heavy (non-hydrogen) atoms. The number of alkyl halides is 1. The van der Waals surface area contributed by atoms with E-state index in [1.165, 1.54) is 0 Å². The number of carbonyl (C=O) groups excluding carboxylic acids is 1. The summed E-state index contributed by atoms with van der Waals surface area (Å²) in [7, 11) is 1.81. The van der Waals surface area contributed by atoms with Gasteiger partial charge in [-0.25, -0.2) is 0 Å². The first-order chi connectivity index (χ1) is 8.65. The number of amides is 1. The number of ether oxygens (including phenoxy) is 1. The average Bonchev–Trinajstić information content (AvgIpc) is 2.44. The molecule has 0 fully saturated rings. The number of rotatable bonds is 3. The van der Waals surface area contributed by atoms with E-state index < -0.39 is 0 Å². The van der Waals surface area contributed by atoms with Crippen LogP contribution in [0.2, 0.25) is 0 Å². The predicted molar refractivity (Wildman–Crippen MR) is 72.2 cm³/mol. The maximum Gasteiger partial charge on any atom is 0.230 e. The Hall–Kier alpha value is -1.22. The molecule has 0 radical (unpaired) electrons. The lowest BCUT2D eigenvalue weighted by atomic mass is 9.91. The number of para-hydroxylation sites is 1. The van der Waals surface area contributed by atoms with Gasteiger partial charge in [0.2, 0.25) is 5.91 Å². The van der Waals surface area contributed by atoms with Gasteiger partial charge in [0.15, 0.2) is 0 Å². The van der Waals surface area contributed by atoms with Crippen molar-refractivity contribution >= 4 is 17.5 Å². The molecule has 2 rings (SSSR count). The molecule has 3 nitrogen and oxygen atoms in total. The highest BCUT2D eigenvalue weighted by Gasteiger charge is 2.30. The fraction of sp³-hybridized carbons (Fsp3) is 0.500. The van der Waals surface area contributed by atoms with Crippen molar-refractivity contribution in [2.45, 2.75) is 25.3 Å². The molecular formula is C14H18ClNO2. The predicted octanol–water partition coefficient (Wildman–Crippen LogP) is 2.64. The maximum atomic E-state index is 12.5. The molecule has 0 N–H and O–H groups in total. The molecular weight excluding hydrogens is 250 g/mol. The molecule has 1 aromatic rings. The van der Waals surface area contributed by atoms with Gasteiger partial charge >= 0.3 is 0 Å². The molecule has 0 aliphatic carbocycles. The van der Waals surface area contributed by atoms with Crippen LogP contribution in [0.1, 0.15) is 24.8 Å². The SMILES string of the molecule is CC(CCl)N(C)C(=O)C1CCOc2ccccc21. The number of hydrogen-bond donors (Lipinski definition) is 0. The Labute approximate surface area is 113 Å². The molecule has 1 aliphatic heterocycles. The minimum Gasteiger partial charge on any atom is -0.493 e. The molecule has 0 spiro atoms. The lowest BCUT2D eigenvalue weighted by Crippen LogP contribution is -2.40. The van der Waals surface area contributed by atoms with E-state index in [9.17, 15) is 4.79 Å². The van der Waals surface area contributed by atoms with Crippen LogP contribution in [0.15, 0.2) is 24.3 Å². The molecule has 0 saturated heterocycles. The minimum atomic E-state index is -0.106. The van der Waals surface area contributed by atoms with Gasteiger partial charge in [0.25, 0.3) is 0 Å². The molecule has 1 aliphatic rings. The molecule has 1 heterocycles. The Bertz CT molecular complexity index is 436. The van der Waals surface area contributed by atoms with Crippen molar-refractivity contribution in [1.82, 2.24) is 4.90 Å². The highest BCUT2D eigenvalue weighted by atomic mass is 35.5. The van der Waals surface area contributed by atoms with Gasteiger partial charge in [0.1, 0.15) is 5.75 Å². The van der Waals surface area contributed by atoms with Gasteiger partial charge in [-0.1, -0.05) is 18.2 Å². The molecule has 1 aromatic carbocycles. The number of benzene rings is 1. The van der Waals surface area contributed by atoms with Crippen LogP contribution in [-0.4, -0.2) is 36.4 Å². The van der Waals surface area contributed by atoms with Gasteiger partial charge in [-0.15, -0.1) is 11.6 Å². The summed E-state index contributed by atoms with van der Waals surface area (Å²) in [6, 6.07) is 7.81. The number of halogens is 1. The molecule has 0 bridgehead atoms. The Balaban J connectivity index is 2.22. The van der Waals surface area contributed by atoms with Crippen molar-refractivity contribution < 1.29 is 9.53 Å². The molecule has 98 valence electrons. The topological polar surface area (TPSA) is 29.5 Å². The first-order valence-electron chi connectivity index (χ1n) is 6.19. The molecule has 4 heteroatoms. The Morgan fingerprint density at radius 1 is 1.56 bits per heavy atom. The van der Waals surface area contributed by atoms with Gasteiger partial charge in [-0.2, -0.15) is 0 Å². The van der Waals surface area contributed by atoms with E-state index in [1.807, 2.05) is 38.2 Å². The summed E-state index contributed by atoms with van der Waals surface area (Å²) in [6.07, 6.45) is 0.731. The van der Waals surface area contributed by atoms with Crippen LogP contribution < -0.4 is 4.74 Å². The molecule has 0 saturated carbocycles. The number of likely N-dealkylation sites (N-methyl/N-ethyl adjacent to an activating group) is 1. The lowest BCUT2D eigenvalue weighted by molar-refractivity contribution is -0.133. The summed E-state index contributed by atoms with van der Waals surface area (Å²) >= 11 is 5.81. The zero-order valence-electron chi connectivity index (χ0n) is 10.7. The second kappa shape index (κ2) is 5.61. The number of hydrogen-bond acceptors (Lipinski definition) is 2. The summed E-state index contributed by atoms with van der Waals surface area (Å²) in [5.74, 6) is 1.30. The molecule has 2 unspecified atom stereocenters.